The molecule has 1 saturated heterocycles. The Kier molecular flexibility index (Phi) is 3.90. The highest BCUT2D eigenvalue weighted by Crippen LogP contribution is 2.23. The van der Waals surface area contributed by atoms with E-state index in [9.17, 15) is 14.9 Å². The van der Waals surface area contributed by atoms with Gasteiger partial charge in [-0.15, -0.1) is 0 Å². The maximum Gasteiger partial charge on any atom is 0.324 e. The molecule has 1 aliphatic rings. The van der Waals surface area contributed by atoms with Crippen molar-refractivity contribution in [1.82, 2.24) is 10.6 Å². The van der Waals surface area contributed by atoms with Crippen LogP contribution in [0.25, 0.3) is 0 Å². The van der Waals surface area contributed by atoms with E-state index in [4.69, 9.17) is 4.74 Å². The highest BCUT2D eigenvalue weighted by Gasteiger charge is 2.29. The van der Waals surface area contributed by atoms with Crippen LogP contribution in [0.4, 0.5) is 5.00 Å². The van der Waals surface area contributed by atoms with Gasteiger partial charge in [0.2, 0.25) is 0 Å². The first-order valence-corrected chi connectivity index (χ1v) is 6.22. The van der Waals surface area contributed by atoms with E-state index < -0.39 is 4.92 Å². The van der Waals surface area contributed by atoms with Crippen LogP contribution in [-0.4, -0.2) is 43.2 Å². The van der Waals surface area contributed by atoms with E-state index in [0.29, 0.717) is 18.0 Å². The molecule has 0 saturated carbocycles. The second kappa shape index (κ2) is 5.42. The molecule has 2 rings (SSSR count). The summed E-state index contributed by atoms with van der Waals surface area (Å²) >= 11 is 0.869. The van der Waals surface area contributed by atoms with Crippen molar-refractivity contribution in [3.63, 3.8) is 0 Å². The number of carbonyl (C=O) groups excluding carboxylic acids is 1. The molecule has 1 aliphatic heterocycles. The summed E-state index contributed by atoms with van der Waals surface area (Å²) in [5.74, 6) is -0.302. The molecule has 0 spiro atoms. The molecule has 1 unspecified atom stereocenters. The molecule has 2 N–H and O–H groups in total. The zero-order valence-corrected chi connectivity index (χ0v) is 10.5. The Bertz CT molecular complexity index is 462. The Morgan fingerprint density at radius 1 is 1.61 bits per heavy atom. The first-order chi connectivity index (χ1) is 8.61. The smallest absolute Gasteiger partial charge is 0.324 e. The van der Waals surface area contributed by atoms with Crippen molar-refractivity contribution in [3.05, 3.63) is 27.1 Å². The molecule has 1 fully saturated rings. The Balaban J connectivity index is 2.00. The summed E-state index contributed by atoms with van der Waals surface area (Å²) in [7, 11) is 1.59. The predicted octanol–water partition coefficient (Wildman–Crippen LogP) is 0.373. The fraction of sp³-hybridized carbons (Fsp3) is 0.500. The van der Waals surface area contributed by atoms with Crippen LogP contribution in [0.3, 0.4) is 0 Å². The fourth-order valence-corrected chi connectivity index (χ4v) is 2.56. The maximum atomic E-state index is 11.9. The molecular formula is C10H13N3O4S. The van der Waals surface area contributed by atoms with Crippen LogP contribution in [0.5, 0.6) is 0 Å². The van der Waals surface area contributed by atoms with Gasteiger partial charge in [0.15, 0.2) is 0 Å². The van der Waals surface area contributed by atoms with Gasteiger partial charge in [0.25, 0.3) is 5.91 Å². The number of nitrogens with one attached hydrogen (secondary N) is 2. The third-order valence-corrected chi connectivity index (χ3v) is 3.81. The van der Waals surface area contributed by atoms with Crippen LogP contribution in [0, 0.1) is 10.1 Å². The van der Waals surface area contributed by atoms with Crippen LogP contribution in [-0.2, 0) is 4.74 Å². The van der Waals surface area contributed by atoms with Gasteiger partial charge >= 0.3 is 5.00 Å². The van der Waals surface area contributed by atoms with Gasteiger partial charge in [0, 0.05) is 26.3 Å². The summed E-state index contributed by atoms with van der Waals surface area (Å²) < 4.78 is 5.22. The lowest BCUT2D eigenvalue weighted by atomic mass is 10.2. The van der Waals surface area contributed by atoms with Gasteiger partial charge in [-0.25, -0.2) is 0 Å². The fourth-order valence-electron chi connectivity index (χ4n) is 1.83. The molecule has 98 valence electrons. The Hall–Kier alpha value is -1.51. The molecule has 18 heavy (non-hydrogen) atoms. The molecule has 1 aromatic heterocycles. The molecule has 1 aromatic rings. The number of hydrogen-bond acceptors (Lipinski definition) is 6. The number of hydrogen-bond donors (Lipinski definition) is 2. The minimum Gasteiger partial charge on any atom is -0.378 e. The van der Waals surface area contributed by atoms with Crippen molar-refractivity contribution < 1.29 is 14.5 Å². The summed E-state index contributed by atoms with van der Waals surface area (Å²) in [4.78, 5) is 22.3. The lowest BCUT2D eigenvalue weighted by Crippen LogP contribution is -2.43. The summed E-state index contributed by atoms with van der Waals surface area (Å²) in [6.07, 6.45) is -0.0658. The second-order valence-electron chi connectivity index (χ2n) is 3.91. The number of methoxy groups -OCH3 is 1. The van der Waals surface area contributed by atoms with Crippen LogP contribution in [0.2, 0.25) is 0 Å². The number of nitrogens with zero attached hydrogens (tertiary/aromatic N) is 1. The van der Waals surface area contributed by atoms with Crippen LogP contribution in [0.1, 0.15) is 9.67 Å². The van der Waals surface area contributed by atoms with Crippen molar-refractivity contribution >= 4 is 22.2 Å². The Labute approximate surface area is 107 Å². The van der Waals surface area contributed by atoms with Gasteiger partial charge in [-0.05, 0) is 6.07 Å². The van der Waals surface area contributed by atoms with E-state index >= 15 is 0 Å². The normalized spacial score (nSPS) is 22.9. The second-order valence-corrected chi connectivity index (χ2v) is 4.97. The minimum atomic E-state index is -0.503. The van der Waals surface area contributed by atoms with Gasteiger partial charge in [0.05, 0.1) is 21.9 Å². The molecule has 2 atom stereocenters. The van der Waals surface area contributed by atoms with E-state index in [1.807, 2.05) is 0 Å². The van der Waals surface area contributed by atoms with E-state index in [1.165, 1.54) is 12.1 Å². The maximum absolute atomic E-state index is 11.9. The first kappa shape index (κ1) is 12.9. The molecular weight excluding hydrogens is 258 g/mol. The van der Waals surface area contributed by atoms with Crippen LogP contribution >= 0.6 is 11.3 Å². The van der Waals surface area contributed by atoms with E-state index in [0.717, 1.165) is 11.3 Å². The molecule has 8 heteroatoms. The lowest BCUT2D eigenvalue weighted by Gasteiger charge is -2.17. The number of carbonyl (C=O) groups is 1. The average Bonchev–Trinajstić information content (AvgIpc) is 2.96. The highest BCUT2D eigenvalue weighted by molar-refractivity contribution is 7.17. The Morgan fingerprint density at radius 3 is 3.00 bits per heavy atom. The van der Waals surface area contributed by atoms with Crippen molar-refractivity contribution in [1.29, 1.82) is 0 Å². The standard InChI is InChI=1S/C10H13N3O4S/c1-17-7-5-11-4-6(7)12-10(14)8-2-3-9(18-8)13(15)16/h2-3,6-7,11H,4-5H2,1H3,(H,12,14)/t6?,7-/m1/s1. The number of nitro groups is 1. The number of amides is 1. The van der Waals surface area contributed by atoms with Gasteiger partial charge in [-0.2, -0.15) is 0 Å². The van der Waals surface area contributed by atoms with Gasteiger partial charge in [-0.1, -0.05) is 11.3 Å². The average molecular weight is 271 g/mol. The summed E-state index contributed by atoms with van der Waals surface area (Å²) in [5.41, 5.74) is 0. The summed E-state index contributed by atoms with van der Waals surface area (Å²) in [6, 6.07) is 2.69. The molecule has 0 radical (unpaired) electrons. The SMILES string of the molecule is CO[C@@H]1CNCC1NC(=O)c1ccc([N+](=O)[O-])s1. The first-order valence-electron chi connectivity index (χ1n) is 5.40. The summed E-state index contributed by atoms with van der Waals surface area (Å²) in [5, 5.41) is 16.4. The zero-order valence-electron chi connectivity index (χ0n) is 9.71. The monoisotopic (exact) mass is 271 g/mol. The molecule has 0 aliphatic carbocycles. The Morgan fingerprint density at radius 2 is 2.39 bits per heavy atom. The minimum absolute atomic E-state index is 0.0343. The largest absolute Gasteiger partial charge is 0.378 e. The third kappa shape index (κ3) is 2.66. The topological polar surface area (TPSA) is 93.5 Å². The van der Waals surface area contributed by atoms with Crippen LogP contribution in [0.15, 0.2) is 12.1 Å². The predicted molar refractivity (Wildman–Crippen MR) is 65.9 cm³/mol. The van der Waals surface area contributed by atoms with E-state index in [2.05, 4.69) is 10.6 Å². The lowest BCUT2D eigenvalue weighted by molar-refractivity contribution is -0.380. The van der Waals surface area contributed by atoms with Crippen LogP contribution < -0.4 is 10.6 Å². The molecule has 0 bridgehead atoms. The van der Waals surface area contributed by atoms with Crippen molar-refractivity contribution in [2.45, 2.75) is 12.1 Å². The van der Waals surface area contributed by atoms with Crippen molar-refractivity contribution in [2.75, 3.05) is 20.2 Å². The van der Waals surface area contributed by atoms with E-state index in [1.54, 1.807) is 7.11 Å². The number of ether oxygens (including phenoxy) is 1. The molecule has 2 heterocycles. The quantitative estimate of drug-likeness (QED) is 0.609. The molecule has 1 amide bonds. The van der Waals surface area contributed by atoms with E-state index in [-0.39, 0.29) is 23.1 Å². The van der Waals surface area contributed by atoms with Gasteiger partial charge in [-0.3, -0.25) is 14.9 Å². The molecule has 7 nitrogen and oxygen atoms in total. The molecule has 0 aromatic carbocycles. The van der Waals surface area contributed by atoms with Gasteiger partial charge < -0.3 is 15.4 Å². The van der Waals surface area contributed by atoms with Crippen molar-refractivity contribution in [3.8, 4) is 0 Å². The van der Waals surface area contributed by atoms with Gasteiger partial charge in [0.1, 0.15) is 0 Å². The zero-order chi connectivity index (χ0) is 13.1. The highest BCUT2D eigenvalue weighted by atomic mass is 32.1. The third-order valence-electron chi connectivity index (χ3n) is 2.77. The van der Waals surface area contributed by atoms with Crippen molar-refractivity contribution in [2.24, 2.45) is 0 Å². The summed E-state index contributed by atoms with van der Waals surface area (Å²) in [6.45, 7) is 1.32. The number of rotatable bonds is 4. The number of thiophene rings is 1.